The van der Waals surface area contributed by atoms with Gasteiger partial charge in [-0.2, -0.15) is 0 Å². The number of hydrogen-bond acceptors (Lipinski definition) is 2. The van der Waals surface area contributed by atoms with Crippen LogP contribution in [0.5, 0.6) is 0 Å². The van der Waals surface area contributed by atoms with Crippen LogP contribution in [0.4, 0.5) is 4.39 Å². The van der Waals surface area contributed by atoms with Crippen molar-refractivity contribution in [3.8, 4) is 0 Å². The molecule has 0 spiro atoms. The van der Waals surface area contributed by atoms with Gasteiger partial charge in [0.25, 0.3) is 0 Å². The second-order valence-corrected chi connectivity index (χ2v) is 4.85. The van der Waals surface area contributed by atoms with E-state index in [-0.39, 0.29) is 16.9 Å². The van der Waals surface area contributed by atoms with E-state index in [0.29, 0.717) is 12.5 Å². The lowest BCUT2D eigenvalue weighted by Gasteiger charge is -2.32. The molecule has 94 valence electrons. The number of nitrogens with zero attached hydrogens (tertiary/aromatic N) is 1. The van der Waals surface area contributed by atoms with E-state index in [0.717, 1.165) is 25.2 Å². The van der Waals surface area contributed by atoms with Gasteiger partial charge in [0.2, 0.25) is 0 Å². The summed E-state index contributed by atoms with van der Waals surface area (Å²) in [5.74, 6) is 0.122. The molecule has 2 nitrogen and oxygen atoms in total. The van der Waals surface area contributed by atoms with E-state index < -0.39 is 0 Å². The fourth-order valence-corrected chi connectivity index (χ4v) is 2.30. The minimum Gasteiger partial charge on any atom is -0.374 e. The third-order valence-corrected chi connectivity index (χ3v) is 3.42. The molecule has 1 aromatic carbocycles. The van der Waals surface area contributed by atoms with Crippen LogP contribution in [-0.2, 0) is 11.3 Å². The zero-order valence-electron chi connectivity index (χ0n) is 9.33. The van der Waals surface area contributed by atoms with Crippen molar-refractivity contribution >= 4 is 23.2 Å². The average molecular weight is 278 g/mol. The van der Waals surface area contributed by atoms with E-state index in [4.69, 9.17) is 27.9 Å². The van der Waals surface area contributed by atoms with Gasteiger partial charge in [-0.25, -0.2) is 4.39 Å². The SMILES string of the molecule is Fc1ccc(CN2CCOC(CCl)C2)cc1Cl. The molecule has 0 bridgehead atoms. The van der Waals surface area contributed by atoms with Crippen LogP contribution in [0.25, 0.3) is 0 Å². The normalized spacial score (nSPS) is 21.7. The van der Waals surface area contributed by atoms with Crippen LogP contribution in [0.15, 0.2) is 18.2 Å². The molecular formula is C12H14Cl2FNO. The highest BCUT2D eigenvalue weighted by atomic mass is 35.5. The van der Waals surface area contributed by atoms with Gasteiger partial charge in [0.05, 0.1) is 17.7 Å². The minimum absolute atomic E-state index is 0.0846. The van der Waals surface area contributed by atoms with E-state index in [1.807, 2.05) is 0 Å². The minimum atomic E-state index is -0.379. The molecule has 1 aromatic rings. The fourth-order valence-electron chi connectivity index (χ4n) is 1.91. The summed E-state index contributed by atoms with van der Waals surface area (Å²) >= 11 is 11.5. The number of hydrogen-bond donors (Lipinski definition) is 0. The van der Waals surface area contributed by atoms with Crippen molar-refractivity contribution in [2.24, 2.45) is 0 Å². The number of morpholine rings is 1. The number of rotatable bonds is 3. The summed E-state index contributed by atoms with van der Waals surface area (Å²) in [7, 11) is 0. The van der Waals surface area contributed by atoms with Gasteiger partial charge in [0, 0.05) is 25.5 Å². The third kappa shape index (κ3) is 3.55. The molecule has 2 rings (SSSR count). The molecule has 1 saturated heterocycles. The number of benzene rings is 1. The first-order valence-electron chi connectivity index (χ1n) is 5.53. The highest BCUT2D eigenvalue weighted by Gasteiger charge is 2.19. The van der Waals surface area contributed by atoms with Crippen LogP contribution in [0.2, 0.25) is 5.02 Å². The summed E-state index contributed by atoms with van der Waals surface area (Å²) in [6.45, 7) is 3.10. The first-order chi connectivity index (χ1) is 8.19. The molecule has 0 N–H and O–H groups in total. The van der Waals surface area contributed by atoms with Gasteiger partial charge in [-0.15, -0.1) is 11.6 Å². The lowest BCUT2D eigenvalue weighted by atomic mass is 10.2. The fraction of sp³-hybridized carbons (Fsp3) is 0.500. The predicted octanol–water partition coefficient (Wildman–Crippen LogP) is 2.92. The summed E-state index contributed by atoms with van der Waals surface area (Å²) in [6, 6.07) is 4.82. The molecule has 1 heterocycles. The van der Waals surface area contributed by atoms with Crippen molar-refractivity contribution in [1.29, 1.82) is 0 Å². The van der Waals surface area contributed by atoms with Crippen LogP contribution in [-0.4, -0.2) is 36.6 Å². The van der Waals surface area contributed by atoms with E-state index >= 15 is 0 Å². The number of ether oxygens (including phenoxy) is 1. The highest BCUT2D eigenvalue weighted by molar-refractivity contribution is 6.30. The van der Waals surface area contributed by atoms with E-state index in [9.17, 15) is 4.39 Å². The van der Waals surface area contributed by atoms with Gasteiger partial charge in [-0.05, 0) is 17.7 Å². The Kier molecular flexibility index (Phi) is 4.62. The van der Waals surface area contributed by atoms with Gasteiger partial charge < -0.3 is 4.74 Å². The average Bonchev–Trinajstić information content (AvgIpc) is 2.34. The zero-order chi connectivity index (χ0) is 12.3. The zero-order valence-corrected chi connectivity index (χ0v) is 10.8. The maximum Gasteiger partial charge on any atom is 0.141 e. The summed E-state index contributed by atoms with van der Waals surface area (Å²) < 4.78 is 18.5. The largest absolute Gasteiger partial charge is 0.374 e. The summed E-state index contributed by atoms with van der Waals surface area (Å²) in [4.78, 5) is 2.24. The molecule has 1 aliphatic heterocycles. The Morgan fingerprint density at radius 1 is 1.47 bits per heavy atom. The maximum absolute atomic E-state index is 13.0. The monoisotopic (exact) mass is 277 g/mol. The van der Waals surface area contributed by atoms with Crippen molar-refractivity contribution in [1.82, 2.24) is 4.90 Å². The van der Waals surface area contributed by atoms with Crippen LogP contribution < -0.4 is 0 Å². The first kappa shape index (κ1) is 13.1. The Morgan fingerprint density at radius 3 is 3.00 bits per heavy atom. The Hall–Kier alpha value is -0.350. The molecule has 0 saturated carbocycles. The van der Waals surface area contributed by atoms with Gasteiger partial charge >= 0.3 is 0 Å². The van der Waals surface area contributed by atoms with E-state index in [1.54, 1.807) is 12.1 Å². The molecule has 17 heavy (non-hydrogen) atoms. The number of alkyl halides is 1. The van der Waals surface area contributed by atoms with Gasteiger partial charge in [0.1, 0.15) is 5.82 Å². The Balaban J connectivity index is 1.97. The lowest BCUT2D eigenvalue weighted by Crippen LogP contribution is -2.42. The quantitative estimate of drug-likeness (QED) is 0.788. The standard InChI is InChI=1S/C12H14Cl2FNO/c13-6-10-8-16(3-4-17-10)7-9-1-2-12(15)11(14)5-9/h1-2,5,10H,3-4,6-8H2. The van der Waals surface area contributed by atoms with Crippen LogP contribution >= 0.6 is 23.2 Å². The third-order valence-electron chi connectivity index (χ3n) is 2.79. The van der Waals surface area contributed by atoms with Crippen molar-refractivity contribution < 1.29 is 9.13 Å². The van der Waals surface area contributed by atoms with Crippen molar-refractivity contribution in [3.63, 3.8) is 0 Å². The molecule has 0 radical (unpaired) electrons. The van der Waals surface area contributed by atoms with Crippen molar-refractivity contribution in [3.05, 3.63) is 34.6 Å². The molecule has 1 aliphatic rings. The summed E-state index contributed by atoms with van der Waals surface area (Å²) in [6.07, 6.45) is 0.0846. The van der Waals surface area contributed by atoms with Gasteiger partial charge in [-0.1, -0.05) is 17.7 Å². The summed E-state index contributed by atoms with van der Waals surface area (Å²) in [5, 5.41) is 0.171. The summed E-state index contributed by atoms with van der Waals surface area (Å²) in [5.41, 5.74) is 1.01. The van der Waals surface area contributed by atoms with Crippen LogP contribution in [0, 0.1) is 5.82 Å². The smallest absolute Gasteiger partial charge is 0.141 e. The molecular weight excluding hydrogens is 264 g/mol. The van der Waals surface area contributed by atoms with E-state index in [1.165, 1.54) is 6.07 Å². The molecule has 1 fully saturated rings. The van der Waals surface area contributed by atoms with Crippen LogP contribution in [0.3, 0.4) is 0 Å². The Morgan fingerprint density at radius 2 is 2.29 bits per heavy atom. The van der Waals surface area contributed by atoms with Gasteiger partial charge in [-0.3, -0.25) is 4.90 Å². The van der Waals surface area contributed by atoms with E-state index in [2.05, 4.69) is 4.90 Å². The predicted molar refractivity (Wildman–Crippen MR) is 67.1 cm³/mol. The van der Waals surface area contributed by atoms with Crippen molar-refractivity contribution in [2.45, 2.75) is 12.6 Å². The maximum atomic E-state index is 13.0. The molecule has 0 amide bonds. The lowest BCUT2D eigenvalue weighted by molar-refractivity contribution is -0.0194. The first-order valence-corrected chi connectivity index (χ1v) is 6.44. The topological polar surface area (TPSA) is 12.5 Å². The molecule has 1 atom stereocenters. The van der Waals surface area contributed by atoms with Crippen LogP contribution in [0.1, 0.15) is 5.56 Å². The molecule has 5 heteroatoms. The van der Waals surface area contributed by atoms with Crippen molar-refractivity contribution in [2.75, 3.05) is 25.6 Å². The molecule has 0 aromatic heterocycles. The second kappa shape index (κ2) is 6.01. The number of halogens is 3. The molecule has 0 aliphatic carbocycles. The Labute approximate surface area is 110 Å². The molecule has 1 unspecified atom stereocenters. The van der Waals surface area contributed by atoms with Gasteiger partial charge in [0.15, 0.2) is 0 Å². The second-order valence-electron chi connectivity index (χ2n) is 4.13. The Bertz CT molecular complexity index is 389. The highest BCUT2D eigenvalue weighted by Crippen LogP contribution is 2.18.